The highest BCUT2D eigenvalue weighted by Gasteiger charge is 2.21. The topological polar surface area (TPSA) is 55.4 Å². The van der Waals surface area contributed by atoms with Crippen molar-refractivity contribution in [2.75, 3.05) is 12.9 Å². The summed E-state index contributed by atoms with van der Waals surface area (Å²) in [5.74, 6) is -0.00645. The summed E-state index contributed by atoms with van der Waals surface area (Å²) in [6, 6.07) is 7.87. The highest BCUT2D eigenvalue weighted by Crippen LogP contribution is 2.22. The van der Waals surface area contributed by atoms with E-state index >= 15 is 0 Å². The summed E-state index contributed by atoms with van der Waals surface area (Å²) >= 11 is 0. The molecule has 1 aromatic rings. The van der Waals surface area contributed by atoms with Gasteiger partial charge in [-0.25, -0.2) is 0 Å². The Morgan fingerprint density at radius 3 is 2.59 bits per heavy atom. The SMILES string of the molecule is COCc1ccccc1CNC(=O)C[S@@](=O)C1CCCCC1. The van der Waals surface area contributed by atoms with Crippen molar-refractivity contribution in [3.05, 3.63) is 35.4 Å². The van der Waals surface area contributed by atoms with Gasteiger partial charge in [-0.1, -0.05) is 43.5 Å². The zero-order chi connectivity index (χ0) is 15.8. The number of rotatable bonds is 7. The summed E-state index contributed by atoms with van der Waals surface area (Å²) in [4.78, 5) is 12.0. The molecule has 0 saturated heterocycles. The maximum atomic E-state index is 12.2. The van der Waals surface area contributed by atoms with Gasteiger partial charge in [-0.3, -0.25) is 9.00 Å². The van der Waals surface area contributed by atoms with Gasteiger partial charge in [0.2, 0.25) is 5.91 Å². The Labute approximate surface area is 135 Å². The molecule has 1 aromatic carbocycles. The van der Waals surface area contributed by atoms with Crippen LogP contribution in [0, 0.1) is 0 Å². The summed E-state index contributed by atoms with van der Waals surface area (Å²) in [7, 11) is 0.616. The van der Waals surface area contributed by atoms with E-state index < -0.39 is 10.8 Å². The Morgan fingerprint density at radius 1 is 1.23 bits per heavy atom. The summed E-state index contributed by atoms with van der Waals surface area (Å²) < 4.78 is 17.4. The van der Waals surface area contributed by atoms with Gasteiger partial charge in [0.25, 0.3) is 0 Å². The van der Waals surface area contributed by atoms with E-state index in [-0.39, 0.29) is 16.9 Å². The number of carbonyl (C=O) groups is 1. The molecular weight excluding hydrogens is 298 g/mol. The number of ether oxygens (including phenoxy) is 1. The van der Waals surface area contributed by atoms with Gasteiger partial charge in [0.15, 0.2) is 0 Å². The highest BCUT2D eigenvalue weighted by atomic mass is 32.2. The summed E-state index contributed by atoms with van der Waals surface area (Å²) in [5, 5.41) is 3.09. The van der Waals surface area contributed by atoms with Crippen LogP contribution >= 0.6 is 0 Å². The van der Waals surface area contributed by atoms with Gasteiger partial charge in [0.05, 0.1) is 6.61 Å². The number of benzene rings is 1. The largest absolute Gasteiger partial charge is 0.380 e. The molecule has 1 N–H and O–H groups in total. The van der Waals surface area contributed by atoms with Gasteiger partial charge in [0.1, 0.15) is 5.75 Å². The van der Waals surface area contributed by atoms with Gasteiger partial charge in [-0.15, -0.1) is 0 Å². The Hall–Kier alpha value is -1.20. The number of hydrogen-bond donors (Lipinski definition) is 1. The van der Waals surface area contributed by atoms with Gasteiger partial charge >= 0.3 is 0 Å². The van der Waals surface area contributed by atoms with Crippen LogP contribution in [0.4, 0.5) is 0 Å². The van der Waals surface area contributed by atoms with Crippen molar-refractivity contribution in [1.29, 1.82) is 0 Å². The molecule has 0 aromatic heterocycles. The summed E-state index contributed by atoms with van der Waals surface area (Å²) in [6.45, 7) is 0.986. The molecule has 0 heterocycles. The third-order valence-electron chi connectivity index (χ3n) is 4.09. The fraction of sp³-hybridized carbons (Fsp3) is 0.588. The minimum atomic E-state index is -1.04. The molecular formula is C17H25NO3S. The lowest BCUT2D eigenvalue weighted by Crippen LogP contribution is -2.32. The van der Waals surface area contributed by atoms with Crippen LogP contribution in [0.25, 0.3) is 0 Å². The lowest BCUT2D eigenvalue weighted by Gasteiger charge is -2.20. The van der Waals surface area contributed by atoms with E-state index in [0.29, 0.717) is 13.2 Å². The van der Waals surface area contributed by atoms with Gasteiger partial charge in [-0.05, 0) is 24.0 Å². The lowest BCUT2D eigenvalue weighted by atomic mass is 10.0. The van der Waals surface area contributed by atoms with Crippen molar-refractivity contribution in [1.82, 2.24) is 5.32 Å². The fourth-order valence-corrected chi connectivity index (χ4v) is 4.30. The normalized spacial score (nSPS) is 17.1. The third-order valence-corrected chi connectivity index (χ3v) is 5.85. The molecule has 1 aliphatic carbocycles. The van der Waals surface area contributed by atoms with Crippen molar-refractivity contribution >= 4 is 16.7 Å². The van der Waals surface area contributed by atoms with E-state index in [1.807, 2.05) is 24.3 Å². The fourth-order valence-electron chi connectivity index (χ4n) is 2.85. The van der Waals surface area contributed by atoms with Crippen molar-refractivity contribution in [2.45, 2.75) is 50.5 Å². The monoisotopic (exact) mass is 323 g/mol. The van der Waals surface area contributed by atoms with Gasteiger partial charge in [0, 0.05) is 29.7 Å². The van der Waals surface area contributed by atoms with Crippen LogP contribution in [-0.2, 0) is 33.5 Å². The third kappa shape index (κ3) is 5.21. The molecule has 4 nitrogen and oxygen atoms in total. The van der Waals surface area contributed by atoms with Crippen LogP contribution in [0.3, 0.4) is 0 Å². The maximum absolute atomic E-state index is 12.2. The molecule has 122 valence electrons. The second-order valence-corrected chi connectivity index (χ2v) is 7.48. The lowest BCUT2D eigenvalue weighted by molar-refractivity contribution is -0.118. The first-order chi connectivity index (χ1) is 10.7. The molecule has 1 amide bonds. The van der Waals surface area contributed by atoms with Crippen LogP contribution in [-0.4, -0.2) is 28.2 Å². The van der Waals surface area contributed by atoms with Crippen LogP contribution in [0.1, 0.15) is 43.2 Å². The molecule has 1 aliphatic rings. The Bertz CT molecular complexity index is 512. The van der Waals surface area contributed by atoms with E-state index in [0.717, 1.165) is 36.8 Å². The molecule has 0 unspecified atom stereocenters. The van der Waals surface area contributed by atoms with Crippen molar-refractivity contribution < 1.29 is 13.7 Å². The van der Waals surface area contributed by atoms with Crippen molar-refractivity contribution in [3.8, 4) is 0 Å². The minimum Gasteiger partial charge on any atom is -0.380 e. The van der Waals surface area contributed by atoms with Crippen LogP contribution < -0.4 is 5.32 Å². The Balaban J connectivity index is 1.81. The number of amides is 1. The first-order valence-corrected chi connectivity index (χ1v) is 9.28. The molecule has 0 radical (unpaired) electrons. The molecule has 1 atom stereocenters. The first kappa shape index (κ1) is 17.2. The zero-order valence-corrected chi connectivity index (χ0v) is 14.0. The van der Waals surface area contributed by atoms with E-state index in [1.165, 1.54) is 6.42 Å². The van der Waals surface area contributed by atoms with Crippen molar-refractivity contribution in [2.24, 2.45) is 0 Å². The predicted molar refractivity (Wildman–Crippen MR) is 88.9 cm³/mol. The second-order valence-electron chi connectivity index (χ2n) is 5.76. The molecule has 2 rings (SSSR count). The maximum Gasteiger partial charge on any atom is 0.232 e. The molecule has 1 fully saturated rings. The smallest absolute Gasteiger partial charge is 0.232 e. The molecule has 22 heavy (non-hydrogen) atoms. The van der Waals surface area contributed by atoms with Crippen LogP contribution in [0.15, 0.2) is 24.3 Å². The summed E-state index contributed by atoms with van der Waals surface area (Å²) in [5.41, 5.74) is 2.11. The zero-order valence-electron chi connectivity index (χ0n) is 13.2. The van der Waals surface area contributed by atoms with Gasteiger partial charge < -0.3 is 10.1 Å². The Morgan fingerprint density at radius 2 is 1.91 bits per heavy atom. The number of methoxy groups -OCH3 is 1. The molecule has 5 heteroatoms. The minimum absolute atomic E-state index is 0.122. The molecule has 0 spiro atoms. The van der Waals surface area contributed by atoms with Crippen molar-refractivity contribution in [3.63, 3.8) is 0 Å². The van der Waals surface area contributed by atoms with Crippen LogP contribution in [0.2, 0.25) is 0 Å². The average molecular weight is 323 g/mol. The highest BCUT2D eigenvalue weighted by molar-refractivity contribution is 7.86. The second kappa shape index (κ2) is 9.06. The average Bonchev–Trinajstić information content (AvgIpc) is 2.55. The van der Waals surface area contributed by atoms with Crippen LogP contribution in [0.5, 0.6) is 0 Å². The number of nitrogens with one attached hydrogen (secondary N) is 1. The van der Waals surface area contributed by atoms with Gasteiger partial charge in [-0.2, -0.15) is 0 Å². The quantitative estimate of drug-likeness (QED) is 0.839. The first-order valence-electron chi connectivity index (χ1n) is 7.90. The predicted octanol–water partition coefficient (Wildman–Crippen LogP) is 2.53. The molecule has 0 bridgehead atoms. The van der Waals surface area contributed by atoms with E-state index in [4.69, 9.17) is 4.74 Å². The number of carbonyl (C=O) groups excluding carboxylic acids is 1. The Kier molecular flexibility index (Phi) is 7.06. The number of hydrogen-bond acceptors (Lipinski definition) is 3. The molecule has 1 saturated carbocycles. The standard InChI is InChI=1S/C17H25NO3S/c1-21-12-15-8-6-5-7-14(15)11-18-17(19)13-22(20)16-9-3-2-4-10-16/h5-8,16H,2-4,9-13H2,1H3,(H,18,19)/t22-/m1/s1. The summed E-state index contributed by atoms with van der Waals surface area (Å²) in [6.07, 6.45) is 5.51. The van der Waals surface area contributed by atoms with E-state index in [9.17, 15) is 9.00 Å². The van der Waals surface area contributed by atoms with E-state index in [1.54, 1.807) is 7.11 Å². The van der Waals surface area contributed by atoms with E-state index in [2.05, 4.69) is 5.32 Å². The molecule has 0 aliphatic heterocycles.